The summed E-state index contributed by atoms with van der Waals surface area (Å²) in [4.78, 5) is 22.8. The number of carboxylic acids is 1. The number of aliphatic carboxylic acids is 1. The molecule has 0 aliphatic heterocycles. The van der Waals surface area contributed by atoms with Gasteiger partial charge in [0.05, 0.1) is 5.69 Å². The summed E-state index contributed by atoms with van der Waals surface area (Å²) < 4.78 is 1.57. The van der Waals surface area contributed by atoms with Gasteiger partial charge in [-0.15, -0.1) is 0 Å². The lowest BCUT2D eigenvalue weighted by Gasteiger charge is -2.10. The fourth-order valence-electron chi connectivity index (χ4n) is 1.74. The van der Waals surface area contributed by atoms with E-state index in [0.717, 1.165) is 5.69 Å². The van der Waals surface area contributed by atoms with Crippen LogP contribution in [0.25, 0.3) is 5.69 Å². The molecule has 0 aliphatic rings. The zero-order chi connectivity index (χ0) is 14.5. The minimum atomic E-state index is -1.05. The summed E-state index contributed by atoms with van der Waals surface area (Å²) >= 11 is 0. The molecule has 2 N–H and O–H groups in total. The lowest BCUT2D eigenvalue weighted by molar-refractivity contribution is -0.139. The standard InChI is InChI=1S/C14H15N3O3/c1-2-11(14(19)20)15-13(18)12-8-9-17(16-12)10-6-4-3-5-7-10/h3-9,11H,2H2,1H3,(H,15,18)(H,19,20)/t11-/m0/s1. The number of benzene rings is 1. The van der Waals surface area contributed by atoms with E-state index in [1.54, 1.807) is 23.9 Å². The maximum Gasteiger partial charge on any atom is 0.326 e. The Labute approximate surface area is 116 Å². The second-order valence-electron chi connectivity index (χ2n) is 4.25. The van der Waals surface area contributed by atoms with Crippen molar-refractivity contribution >= 4 is 11.9 Å². The molecular weight excluding hydrogens is 258 g/mol. The minimum absolute atomic E-state index is 0.188. The first kappa shape index (κ1) is 13.8. The van der Waals surface area contributed by atoms with Crippen molar-refractivity contribution in [2.75, 3.05) is 0 Å². The summed E-state index contributed by atoms with van der Waals surface area (Å²) in [5.74, 6) is -1.54. The van der Waals surface area contributed by atoms with Gasteiger partial charge in [-0.05, 0) is 24.6 Å². The van der Waals surface area contributed by atoms with Crippen molar-refractivity contribution in [1.29, 1.82) is 0 Å². The van der Waals surface area contributed by atoms with Gasteiger partial charge in [0.25, 0.3) is 5.91 Å². The second-order valence-corrected chi connectivity index (χ2v) is 4.25. The fraction of sp³-hybridized carbons (Fsp3) is 0.214. The number of hydrogen-bond donors (Lipinski definition) is 2. The molecule has 1 aromatic heterocycles. The van der Waals surface area contributed by atoms with Crippen LogP contribution in [0.2, 0.25) is 0 Å². The first-order valence-electron chi connectivity index (χ1n) is 6.26. The molecule has 6 heteroatoms. The smallest absolute Gasteiger partial charge is 0.326 e. The Morgan fingerprint density at radius 3 is 2.60 bits per heavy atom. The summed E-state index contributed by atoms with van der Waals surface area (Å²) in [7, 11) is 0. The van der Waals surface area contributed by atoms with Crippen LogP contribution in [0.1, 0.15) is 23.8 Å². The Bertz CT molecular complexity index is 607. The van der Waals surface area contributed by atoms with Crippen LogP contribution in [0.4, 0.5) is 0 Å². The van der Waals surface area contributed by atoms with Crippen LogP contribution in [0.5, 0.6) is 0 Å². The third-order valence-electron chi connectivity index (χ3n) is 2.85. The normalized spacial score (nSPS) is 11.8. The van der Waals surface area contributed by atoms with Crippen LogP contribution >= 0.6 is 0 Å². The van der Waals surface area contributed by atoms with Crippen molar-refractivity contribution in [2.24, 2.45) is 0 Å². The average molecular weight is 273 g/mol. The number of nitrogens with one attached hydrogen (secondary N) is 1. The van der Waals surface area contributed by atoms with Crippen molar-refractivity contribution in [3.8, 4) is 5.69 Å². The Kier molecular flexibility index (Phi) is 4.14. The predicted octanol–water partition coefficient (Wildman–Crippen LogP) is 1.47. The molecule has 0 unspecified atom stereocenters. The van der Waals surface area contributed by atoms with E-state index in [4.69, 9.17) is 5.11 Å². The number of carbonyl (C=O) groups is 2. The van der Waals surface area contributed by atoms with Crippen LogP contribution in [-0.4, -0.2) is 32.8 Å². The Hall–Kier alpha value is -2.63. The zero-order valence-corrected chi connectivity index (χ0v) is 11.0. The van der Waals surface area contributed by atoms with Gasteiger partial charge in [-0.2, -0.15) is 5.10 Å². The predicted molar refractivity (Wildman–Crippen MR) is 72.7 cm³/mol. The molecule has 0 fully saturated rings. The molecule has 20 heavy (non-hydrogen) atoms. The van der Waals surface area contributed by atoms with Gasteiger partial charge in [0.1, 0.15) is 6.04 Å². The Morgan fingerprint density at radius 2 is 2.00 bits per heavy atom. The highest BCUT2D eigenvalue weighted by molar-refractivity contribution is 5.94. The topological polar surface area (TPSA) is 84.2 Å². The number of rotatable bonds is 5. The van der Waals surface area contributed by atoms with E-state index >= 15 is 0 Å². The monoisotopic (exact) mass is 273 g/mol. The van der Waals surface area contributed by atoms with Crippen molar-refractivity contribution in [2.45, 2.75) is 19.4 Å². The summed E-state index contributed by atoms with van der Waals surface area (Å²) in [5.41, 5.74) is 1.02. The van der Waals surface area contributed by atoms with E-state index < -0.39 is 17.9 Å². The number of carbonyl (C=O) groups excluding carboxylic acids is 1. The molecule has 1 heterocycles. The lowest BCUT2D eigenvalue weighted by Crippen LogP contribution is -2.40. The maximum absolute atomic E-state index is 11.9. The third kappa shape index (κ3) is 3.03. The number of amides is 1. The maximum atomic E-state index is 11.9. The van der Waals surface area contributed by atoms with Gasteiger partial charge in [-0.1, -0.05) is 25.1 Å². The van der Waals surface area contributed by atoms with E-state index in [1.165, 1.54) is 0 Å². The molecule has 104 valence electrons. The second kappa shape index (κ2) is 6.01. The van der Waals surface area contributed by atoms with Crippen LogP contribution < -0.4 is 5.32 Å². The minimum Gasteiger partial charge on any atom is -0.480 e. The van der Waals surface area contributed by atoms with Gasteiger partial charge in [0.15, 0.2) is 5.69 Å². The molecular formula is C14H15N3O3. The van der Waals surface area contributed by atoms with E-state index in [2.05, 4.69) is 10.4 Å². The first-order chi connectivity index (χ1) is 9.61. The van der Waals surface area contributed by atoms with Crippen LogP contribution in [0.3, 0.4) is 0 Å². The molecule has 0 spiro atoms. The largest absolute Gasteiger partial charge is 0.480 e. The summed E-state index contributed by atoms with van der Waals surface area (Å²) in [5, 5.41) is 15.5. The Balaban J connectivity index is 2.13. The van der Waals surface area contributed by atoms with Gasteiger partial charge >= 0.3 is 5.97 Å². The van der Waals surface area contributed by atoms with Gasteiger partial charge < -0.3 is 10.4 Å². The molecule has 0 saturated heterocycles. The van der Waals surface area contributed by atoms with Crippen molar-refractivity contribution in [1.82, 2.24) is 15.1 Å². The van der Waals surface area contributed by atoms with Gasteiger partial charge in [0, 0.05) is 6.20 Å². The highest BCUT2D eigenvalue weighted by atomic mass is 16.4. The summed E-state index contributed by atoms with van der Waals surface area (Å²) in [6.07, 6.45) is 1.98. The van der Waals surface area contributed by atoms with Crippen LogP contribution in [0.15, 0.2) is 42.6 Å². The van der Waals surface area contributed by atoms with Crippen molar-refractivity contribution < 1.29 is 14.7 Å². The van der Waals surface area contributed by atoms with Crippen LogP contribution in [-0.2, 0) is 4.79 Å². The number of nitrogens with zero attached hydrogens (tertiary/aromatic N) is 2. The van der Waals surface area contributed by atoms with Crippen molar-refractivity contribution in [3.05, 3.63) is 48.3 Å². The number of para-hydroxylation sites is 1. The molecule has 6 nitrogen and oxygen atoms in total. The molecule has 0 saturated carbocycles. The summed E-state index contributed by atoms with van der Waals surface area (Å²) in [6, 6.07) is 10.0. The molecule has 1 atom stereocenters. The molecule has 0 bridgehead atoms. The zero-order valence-electron chi connectivity index (χ0n) is 11.0. The van der Waals surface area contributed by atoms with E-state index in [1.807, 2.05) is 30.3 Å². The van der Waals surface area contributed by atoms with Crippen LogP contribution in [0, 0.1) is 0 Å². The molecule has 0 radical (unpaired) electrons. The number of hydrogen-bond acceptors (Lipinski definition) is 3. The SMILES string of the molecule is CC[C@H](NC(=O)c1ccn(-c2ccccc2)n1)C(=O)O. The third-order valence-corrected chi connectivity index (χ3v) is 2.85. The lowest BCUT2D eigenvalue weighted by atomic mass is 10.2. The van der Waals surface area contributed by atoms with Gasteiger partial charge in [-0.25, -0.2) is 9.48 Å². The van der Waals surface area contributed by atoms with E-state index in [9.17, 15) is 9.59 Å². The quantitative estimate of drug-likeness (QED) is 0.864. The number of aromatic nitrogens is 2. The highest BCUT2D eigenvalue weighted by Crippen LogP contribution is 2.07. The average Bonchev–Trinajstić information content (AvgIpc) is 2.95. The molecule has 0 aliphatic carbocycles. The highest BCUT2D eigenvalue weighted by Gasteiger charge is 2.19. The summed E-state index contributed by atoms with van der Waals surface area (Å²) in [6.45, 7) is 1.70. The first-order valence-corrected chi connectivity index (χ1v) is 6.26. The molecule has 2 aromatic rings. The van der Waals surface area contributed by atoms with Gasteiger partial charge in [-0.3, -0.25) is 4.79 Å². The number of carboxylic acid groups (broad SMARTS) is 1. The van der Waals surface area contributed by atoms with E-state index in [-0.39, 0.29) is 5.69 Å². The molecule has 2 rings (SSSR count). The molecule has 1 aromatic carbocycles. The van der Waals surface area contributed by atoms with Gasteiger partial charge in [0.2, 0.25) is 0 Å². The van der Waals surface area contributed by atoms with E-state index in [0.29, 0.717) is 6.42 Å². The molecule has 1 amide bonds. The fourth-order valence-corrected chi connectivity index (χ4v) is 1.74. The Morgan fingerprint density at radius 1 is 1.30 bits per heavy atom. The van der Waals surface area contributed by atoms with Crippen molar-refractivity contribution in [3.63, 3.8) is 0 Å².